The zero-order valence-corrected chi connectivity index (χ0v) is 12.1. The lowest BCUT2D eigenvalue weighted by Gasteiger charge is -2.14. The number of methoxy groups -OCH3 is 2. The van der Waals surface area contributed by atoms with E-state index in [0.717, 1.165) is 11.1 Å². The maximum absolute atomic E-state index is 5.84. The fourth-order valence-corrected chi connectivity index (χ4v) is 1.95. The zero-order chi connectivity index (χ0) is 15.1. The summed E-state index contributed by atoms with van der Waals surface area (Å²) in [6.07, 6.45) is 1.53. The van der Waals surface area contributed by atoms with Crippen LogP contribution in [0, 0.1) is 0 Å². The molecule has 2 rings (SSSR count). The molecule has 21 heavy (non-hydrogen) atoms. The molecule has 0 unspecified atom stereocenters. The SMILES string of the molecule is COc1cc(C=NN)cc(OCc2ccccc2)c1OC. The van der Waals surface area contributed by atoms with Crippen LogP contribution >= 0.6 is 0 Å². The maximum atomic E-state index is 5.84. The molecule has 110 valence electrons. The van der Waals surface area contributed by atoms with Crippen molar-refractivity contribution in [2.75, 3.05) is 14.2 Å². The van der Waals surface area contributed by atoms with E-state index < -0.39 is 0 Å². The van der Waals surface area contributed by atoms with Gasteiger partial charge in [0.1, 0.15) is 6.61 Å². The van der Waals surface area contributed by atoms with Gasteiger partial charge in [-0.3, -0.25) is 0 Å². The van der Waals surface area contributed by atoms with Crippen LogP contribution < -0.4 is 20.1 Å². The largest absolute Gasteiger partial charge is 0.493 e. The van der Waals surface area contributed by atoms with Gasteiger partial charge in [-0.2, -0.15) is 5.10 Å². The Morgan fingerprint density at radius 2 is 1.76 bits per heavy atom. The lowest BCUT2D eigenvalue weighted by molar-refractivity contribution is 0.275. The molecule has 0 radical (unpaired) electrons. The van der Waals surface area contributed by atoms with Crippen LogP contribution in [0.5, 0.6) is 17.2 Å². The molecule has 0 fully saturated rings. The van der Waals surface area contributed by atoms with E-state index >= 15 is 0 Å². The Labute approximate surface area is 123 Å². The van der Waals surface area contributed by atoms with Crippen molar-refractivity contribution >= 4 is 6.21 Å². The number of hydrogen-bond acceptors (Lipinski definition) is 5. The van der Waals surface area contributed by atoms with Crippen LogP contribution in [-0.2, 0) is 6.61 Å². The summed E-state index contributed by atoms with van der Waals surface area (Å²) in [5, 5.41) is 3.52. The van der Waals surface area contributed by atoms with E-state index in [1.54, 1.807) is 26.4 Å². The highest BCUT2D eigenvalue weighted by Crippen LogP contribution is 2.38. The quantitative estimate of drug-likeness (QED) is 0.503. The van der Waals surface area contributed by atoms with Gasteiger partial charge in [0.05, 0.1) is 20.4 Å². The summed E-state index contributed by atoms with van der Waals surface area (Å²) in [5.41, 5.74) is 1.84. The Hall–Kier alpha value is -2.69. The van der Waals surface area contributed by atoms with Gasteiger partial charge in [0.25, 0.3) is 0 Å². The van der Waals surface area contributed by atoms with Crippen molar-refractivity contribution in [3.8, 4) is 17.2 Å². The Morgan fingerprint density at radius 3 is 2.38 bits per heavy atom. The van der Waals surface area contributed by atoms with Crippen molar-refractivity contribution in [1.29, 1.82) is 0 Å². The smallest absolute Gasteiger partial charge is 0.203 e. The summed E-state index contributed by atoms with van der Waals surface area (Å²) in [6.45, 7) is 0.434. The van der Waals surface area contributed by atoms with E-state index in [0.29, 0.717) is 23.9 Å². The lowest BCUT2D eigenvalue weighted by atomic mass is 10.2. The van der Waals surface area contributed by atoms with Crippen molar-refractivity contribution in [3.05, 3.63) is 53.6 Å². The number of nitrogens with zero attached hydrogens (tertiary/aromatic N) is 1. The summed E-state index contributed by atoms with van der Waals surface area (Å²) < 4.78 is 16.5. The predicted octanol–water partition coefficient (Wildman–Crippen LogP) is 2.58. The predicted molar refractivity (Wildman–Crippen MR) is 82.1 cm³/mol. The van der Waals surface area contributed by atoms with E-state index in [9.17, 15) is 0 Å². The first-order valence-electron chi connectivity index (χ1n) is 6.44. The summed E-state index contributed by atoms with van der Waals surface area (Å²) in [5.74, 6) is 6.89. The molecule has 0 saturated carbocycles. The van der Waals surface area contributed by atoms with Crippen LogP contribution in [0.2, 0.25) is 0 Å². The van der Waals surface area contributed by atoms with Gasteiger partial charge < -0.3 is 20.1 Å². The Morgan fingerprint density at radius 1 is 1.05 bits per heavy atom. The molecular formula is C16H18N2O3. The Balaban J connectivity index is 2.29. The second-order valence-electron chi connectivity index (χ2n) is 4.31. The molecule has 0 atom stereocenters. The van der Waals surface area contributed by atoms with Gasteiger partial charge in [-0.15, -0.1) is 0 Å². The summed E-state index contributed by atoms with van der Waals surface area (Å²) in [4.78, 5) is 0. The Bertz CT molecular complexity index is 612. The van der Waals surface area contributed by atoms with Crippen LogP contribution in [0.25, 0.3) is 0 Å². The minimum absolute atomic E-state index is 0.434. The standard InChI is InChI=1S/C16H18N2O3/c1-19-14-8-13(10-18-17)9-15(16(14)20-2)21-11-12-6-4-3-5-7-12/h3-10H,11,17H2,1-2H3. The average molecular weight is 286 g/mol. The summed E-state index contributed by atoms with van der Waals surface area (Å²) in [7, 11) is 3.14. The van der Waals surface area contributed by atoms with Crippen LogP contribution in [0.4, 0.5) is 0 Å². The minimum Gasteiger partial charge on any atom is -0.493 e. The monoisotopic (exact) mass is 286 g/mol. The van der Waals surface area contributed by atoms with E-state index in [-0.39, 0.29) is 0 Å². The van der Waals surface area contributed by atoms with Crippen molar-refractivity contribution in [2.45, 2.75) is 6.61 Å². The molecule has 2 aromatic rings. The van der Waals surface area contributed by atoms with Gasteiger partial charge in [0.2, 0.25) is 5.75 Å². The van der Waals surface area contributed by atoms with Gasteiger partial charge in [0.15, 0.2) is 11.5 Å². The normalized spacial score (nSPS) is 10.6. The van der Waals surface area contributed by atoms with E-state index in [1.165, 1.54) is 6.21 Å². The van der Waals surface area contributed by atoms with Crippen LogP contribution in [-0.4, -0.2) is 20.4 Å². The van der Waals surface area contributed by atoms with Gasteiger partial charge in [0, 0.05) is 5.56 Å². The van der Waals surface area contributed by atoms with Crippen molar-refractivity contribution < 1.29 is 14.2 Å². The number of ether oxygens (including phenoxy) is 3. The lowest BCUT2D eigenvalue weighted by Crippen LogP contribution is -2.01. The van der Waals surface area contributed by atoms with Crippen molar-refractivity contribution in [1.82, 2.24) is 0 Å². The molecule has 0 amide bonds. The number of hydrogen-bond donors (Lipinski definition) is 1. The number of nitrogens with two attached hydrogens (primary N) is 1. The molecule has 0 saturated heterocycles. The number of rotatable bonds is 6. The molecule has 0 aliphatic carbocycles. The Kier molecular flexibility index (Phi) is 5.04. The van der Waals surface area contributed by atoms with Gasteiger partial charge >= 0.3 is 0 Å². The second-order valence-corrected chi connectivity index (χ2v) is 4.31. The summed E-state index contributed by atoms with van der Waals surface area (Å²) in [6, 6.07) is 13.5. The molecule has 0 heterocycles. The first-order valence-corrected chi connectivity index (χ1v) is 6.44. The molecule has 0 aromatic heterocycles. The maximum Gasteiger partial charge on any atom is 0.203 e. The van der Waals surface area contributed by atoms with Gasteiger partial charge in [-0.25, -0.2) is 0 Å². The fourth-order valence-electron chi connectivity index (χ4n) is 1.95. The van der Waals surface area contributed by atoms with Gasteiger partial charge in [-0.1, -0.05) is 30.3 Å². The third-order valence-electron chi connectivity index (χ3n) is 2.93. The molecule has 5 heteroatoms. The molecule has 0 spiro atoms. The van der Waals surface area contributed by atoms with Gasteiger partial charge in [-0.05, 0) is 17.7 Å². The third kappa shape index (κ3) is 3.66. The molecule has 2 aromatic carbocycles. The van der Waals surface area contributed by atoms with Crippen molar-refractivity contribution in [3.63, 3.8) is 0 Å². The number of hydrazone groups is 1. The topological polar surface area (TPSA) is 66.1 Å². The first kappa shape index (κ1) is 14.7. The summed E-state index contributed by atoms with van der Waals surface area (Å²) >= 11 is 0. The molecule has 0 aliphatic rings. The van der Waals surface area contributed by atoms with E-state index in [2.05, 4.69) is 5.10 Å². The molecule has 5 nitrogen and oxygen atoms in total. The van der Waals surface area contributed by atoms with E-state index in [1.807, 2.05) is 30.3 Å². The third-order valence-corrected chi connectivity index (χ3v) is 2.93. The fraction of sp³-hybridized carbons (Fsp3) is 0.188. The van der Waals surface area contributed by atoms with Crippen LogP contribution in [0.1, 0.15) is 11.1 Å². The van der Waals surface area contributed by atoms with Crippen molar-refractivity contribution in [2.24, 2.45) is 10.9 Å². The second kappa shape index (κ2) is 7.19. The zero-order valence-electron chi connectivity index (χ0n) is 12.1. The highest BCUT2D eigenvalue weighted by molar-refractivity contribution is 5.82. The highest BCUT2D eigenvalue weighted by Gasteiger charge is 2.13. The van der Waals surface area contributed by atoms with Crippen LogP contribution in [0.3, 0.4) is 0 Å². The highest BCUT2D eigenvalue weighted by atomic mass is 16.5. The average Bonchev–Trinajstić information content (AvgIpc) is 2.53. The first-order chi connectivity index (χ1) is 10.3. The number of benzene rings is 2. The van der Waals surface area contributed by atoms with Crippen LogP contribution in [0.15, 0.2) is 47.6 Å². The molecule has 0 aliphatic heterocycles. The molecule has 2 N–H and O–H groups in total. The molecular weight excluding hydrogens is 268 g/mol. The minimum atomic E-state index is 0.434. The van der Waals surface area contributed by atoms with E-state index in [4.69, 9.17) is 20.1 Å². The molecule has 0 bridgehead atoms.